The van der Waals surface area contributed by atoms with Crippen molar-refractivity contribution in [1.82, 2.24) is 9.80 Å². The second-order valence-electron chi connectivity index (χ2n) is 5.73. The molecule has 0 unspecified atom stereocenters. The Morgan fingerprint density at radius 3 is 2.55 bits per heavy atom. The van der Waals surface area contributed by atoms with E-state index >= 15 is 0 Å². The summed E-state index contributed by atoms with van der Waals surface area (Å²) in [6.45, 7) is 6.81. The Morgan fingerprint density at radius 1 is 1.18 bits per heavy atom. The van der Waals surface area contributed by atoms with E-state index in [0.717, 1.165) is 31.7 Å². The van der Waals surface area contributed by atoms with Crippen molar-refractivity contribution in [2.45, 2.75) is 6.92 Å². The summed E-state index contributed by atoms with van der Waals surface area (Å²) in [5.41, 5.74) is 2.23. The Morgan fingerprint density at radius 2 is 1.86 bits per heavy atom. The number of aliphatic hydroxyl groups is 1. The van der Waals surface area contributed by atoms with Crippen LogP contribution in [0, 0.1) is 18.8 Å². The van der Waals surface area contributed by atoms with Gasteiger partial charge in [-0.3, -0.25) is 4.90 Å². The minimum Gasteiger partial charge on any atom is -0.511 e. The highest BCUT2D eigenvalue weighted by atomic mass is 16.3. The molecule has 0 saturated carbocycles. The fraction of sp³-hybridized carbons (Fsp3) is 0.368. The van der Waals surface area contributed by atoms with Crippen molar-refractivity contribution in [3.8, 4) is 11.8 Å². The maximum Gasteiger partial charge on any atom is 0.106 e. The molecule has 0 atom stereocenters. The number of rotatable bonds is 3. The summed E-state index contributed by atoms with van der Waals surface area (Å²) >= 11 is 0. The van der Waals surface area contributed by atoms with E-state index in [1.165, 1.54) is 5.56 Å². The number of aliphatic hydroxyl groups excluding tert-OH is 1. The molecule has 0 aromatic heterocycles. The monoisotopic (exact) mass is 296 g/mol. The van der Waals surface area contributed by atoms with Crippen molar-refractivity contribution < 1.29 is 5.11 Å². The fourth-order valence-electron chi connectivity index (χ4n) is 2.26. The Hall–Kier alpha value is -2.02. The molecule has 1 N–H and O–H groups in total. The first-order valence-corrected chi connectivity index (χ1v) is 7.67. The van der Waals surface area contributed by atoms with Crippen LogP contribution < -0.4 is 0 Å². The van der Waals surface area contributed by atoms with Crippen LogP contribution in [-0.2, 0) is 0 Å². The molecule has 3 nitrogen and oxygen atoms in total. The van der Waals surface area contributed by atoms with Gasteiger partial charge in [-0.1, -0.05) is 35.6 Å². The van der Waals surface area contributed by atoms with Crippen LogP contribution in [0.2, 0.25) is 0 Å². The van der Waals surface area contributed by atoms with Gasteiger partial charge in [0.1, 0.15) is 5.76 Å². The maximum atomic E-state index is 9.92. The first-order valence-electron chi connectivity index (χ1n) is 7.67. The van der Waals surface area contributed by atoms with Gasteiger partial charge in [-0.05, 0) is 38.3 Å². The van der Waals surface area contributed by atoms with Gasteiger partial charge in [-0.2, -0.15) is 0 Å². The predicted molar refractivity (Wildman–Crippen MR) is 91.8 cm³/mol. The van der Waals surface area contributed by atoms with E-state index in [1.54, 1.807) is 18.2 Å². The van der Waals surface area contributed by atoms with Gasteiger partial charge in [0.15, 0.2) is 0 Å². The number of benzene rings is 1. The second kappa shape index (κ2) is 8.43. The van der Waals surface area contributed by atoms with Gasteiger partial charge in [0.05, 0.1) is 6.54 Å². The number of nitrogens with zero attached hydrogens (tertiary/aromatic N) is 2. The standard InChI is InChI=1S/C19H24N2O/c1-17-8-10-18(11-9-17)6-4-3-5-7-19(22)16-21-14-12-20(2)13-15-21/h3,5,7-11,22H,12-16H2,1-2H3/b5-3+,19-7-. The van der Waals surface area contributed by atoms with Crippen LogP contribution in [0.5, 0.6) is 0 Å². The van der Waals surface area contributed by atoms with Crippen molar-refractivity contribution in [2.24, 2.45) is 0 Å². The molecule has 1 saturated heterocycles. The molecular formula is C19H24N2O. The van der Waals surface area contributed by atoms with Crippen LogP contribution >= 0.6 is 0 Å². The lowest BCUT2D eigenvalue weighted by molar-refractivity contribution is 0.150. The predicted octanol–water partition coefficient (Wildman–Crippen LogP) is 2.59. The third-order valence-corrected chi connectivity index (χ3v) is 3.72. The molecule has 116 valence electrons. The quantitative estimate of drug-likeness (QED) is 0.528. The average molecular weight is 296 g/mol. The summed E-state index contributed by atoms with van der Waals surface area (Å²) in [6, 6.07) is 8.12. The number of allylic oxidation sites excluding steroid dienone is 3. The van der Waals surface area contributed by atoms with E-state index in [4.69, 9.17) is 0 Å². The number of hydrogen-bond acceptors (Lipinski definition) is 3. The van der Waals surface area contributed by atoms with E-state index in [-0.39, 0.29) is 0 Å². The summed E-state index contributed by atoms with van der Waals surface area (Å²) in [4.78, 5) is 4.56. The fourth-order valence-corrected chi connectivity index (χ4v) is 2.26. The molecule has 22 heavy (non-hydrogen) atoms. The zero-order chi connectivity index (χ0) is 15.8. The van der Waals surface area contributed by atoms with E-state index in [2.05, 4.69) is 47.7 Å². The van der Waals surface area contributed by atoms with Gasteiger partial charge in [0.2, 0.25) is 0 Å². The second-order valence-corrected chi connectivity index (χ2v) is 5.73. The van der Waals surface area contributed by atoms with Gasteiger partial charge in [0, 0.05) is 31.7 Å². The molecule has 1 fully saturated rings. The van der Waals surface area contributed by atoms with Crippen molar-refractivity contribution >= 4 is 0 Å². The number of likely N-dealkylation sites (N-methyl/N-ethyl adjacent to an activating group) is 1. The average Bonchev–Trinajstić information content (AvgIpc) is 2.51. The molecule has 2 rings (SSSR count). The normalized spacial score (nSPS) is 17.5. The third-order valence-electron chi connectivity index (χ3n) is 3.72. The number of aryl methyl sites for hydroxylation is 1. The zero-order valence-electron chi connectivity index (χ0n) is 13.4. The smallest absolute Gasteiger partial charge is 0.106 e. The summed E-state index contributed by atoms with van der Waals surface area (Å²) in [6.07, 6.45) is 5.29. The van der Waals surface area contributed by atoms with Gasteiger partial charge < -0.3 is 10.0 Å². The SMILES string of the molecule is Cc1ccc(C#C/C=C/C=C(\O)CN2CCN(C)CC2)cc1. The van der Waals surface area contributed by atoms with Crippen LogP contribution in [0.3, 0.4) is 0 Å². The Kier molecular flexibility index (Phi) is 6.27. The molecule has 1 aromatic carbocycles. The van der Waals surface area contributed by atoms with Gasteiger partial charge in [-0.15, -0.1) is 0 Å². The van der Waals surface area contributed by atoms with Crippen molar-refractivity contribution in [2.75, 3.05) is 39.8 Å². The van der Waals surface area contributed by atoms with E-state index in [0.29, 0.717) is 12.3 Å². The molecule has 1 aromatic rings. The lowest BCUT2D eigenvalue weighted by atomic mass is 10.1. The molecule has 0 spiro atoms. The molecule has 0 radical (unpaired) electrons. The van der Waals surface area contributed by atoms with Gasteiger partial charge in [0.25, 0.3) is 0 Å². The van der Waals surface area contributed by atoms with Crippen LogP contribution in [0.1, 0.15) is 11.1 Å². The van der Waals surface area contributed by atoms with Gasteiger partial charge >= 0.3 is 0 Å². The van der Waals surface area contributed by atoms with Crippen LogP contribution in [0.25, 0.3) is 0 Å². The largest absolute Gasteiger partial charge is 0.511 e. The molecule has 3 heteroatoms. The Bertz CT molecular complexity index is 582. The summed E-state index contributed by atoms with van der Waals surface area (Å²) in [5, 5.41) is 9.92. The van der Waals surface area contributed by atoms with Crippen LogP contribution in [0.4, 0.5) is 0 Å². The third kappa shape index (κ3) is 5.77. The maximum absolute atomic E-state index is 9.92. The van der Waals surface area contributed by atoms with E-state index in [1.807, 2.05) is 12.1 Å². The Balaban J connectivity index is 1.79. The first-order chi connectivity index (χ1) is 10.6. The highest BCUT2D eigenvalue weighted by molar-refractivity contribution is 5.38. The van der Waals surface area contributed by atoms with E-state index in [9.17, 15) is 5.11 Å². The van der Waals surface area contributed by atoms with Crippen molar-refractivity contribution in [3.05, 3.63) is 59.4 Å². The summed E-state index contributed by atoms with van der Waals surface area (Å²) in [7, 11) is 2.13. The Labute approximate surface area is 133 Å². The topological polar surface area (TPSA) is 26.7 Å². The van der Waals surface area contributed by atoms with E-state index < -0.39 is 0 Å². The van der Waals surface area contributed by atoms with Crippen molar-refractivity contribution in [3.63, 3.8) is 0 Å². The van der Waals surface area contributed by atoms with Gasteiger partial charge in [-0.25, -0.2) is 0 Å². The highest BCUT2D eigenvalue weighted by Crippen LogP contribution is 2.03. The molecule has 1 aliphatic heterocycles. The lowest BCUT2D eigenvalue weighted by Crippen LogP contribution is -2.45. The highest BCUT2D eigenvalue weighted by Gasteiger charge is 2.13. The lowest BCUT2D eigenvalue weighted by Gasteiger charge is -2.31. The minimum atomic E-state index is 0.387. The number of piperazine rings is 1. The number of hydrogen-bond donors (Lipinski definition) is 1. The summed E-state index contributed by atoms with van der Waals surface area (Å²) in [5.74, 6) is 6.43. The molecule has 0 aliphatic carbocycles. The molecular weight excluding hydrogens is 272 g/mol. The molecule has 1 aliphatic rings. The van der Waals surface area contributed by atoms with Crippen LogP contribution in [-0.4, -0.2) is 54.7 Å². The summed E-state index contributed by atoms with van der Waals surface area (Å²) < 4.78 is 0. The molecule has 0 bridgehead atoms. The zero-order valence-corrected chi connectivity index (χ0v) is 13.4. The van der Waals surface area contributed by atoms with Crippen molar-refractivity contribution in [1.29, 1.82) is 0 Å². The molecule has 1 heterocycles. The van der Waals surface area contributed by atoms with Crippen LogP contribution in [0.15, 0.2) is 48.3 Å². The molecule has 0 amide bonds. The first kappa shape index (κ1) is 16.4. The minimum absolute atomic E-state index is 0.387.